The Hall–Kier alpha value is -1.63. The van der Waals surface area contributed by atoms with Crippen LogP contribution in [0.15, 0.2) is 0 Å². The largest absolute Gasteiger partial charge is 0.341 e. The zero-order chi connectivity index (χ0) is 13.7. The topological polar surface area (TPSA) is 81.8 Å². The number of rotatable bonds is 2. The van der Waals surface area contributed by atoms with Crippen molar-refractivity contribution in [2.75, 3.05) is 33.2 Å². The van der Waals surface area contributed by atoms with Crippen LogP contribution >= 0.6 is 0 Å². The van der Waals surface area contributed by atoms with Crippen molar-refractivity contribution in [3.05, 3.63) is 0 Å². The van der Waals surface area contributed by atoms with Crippen molar-refractivity contribution in [1.82, 2.24) is 20.4 Å². The highest BCUT2D eigenvalue weighted by Gasteiger charge is 2.26. The lowest BCUT2D eigenvalue weighted by molar-refractivity contribution is -0.132. The Labute approximate surface area is 106 Å². The minimum Gasteiger partial charge on any atom is -0.341 e. The van der Waals surface area contributed by atoms with Crippen LogP contribution in [-0.2, 0) is 9.59 Å². The molecule has 0 spiro atoms. The van der Waals surface area contributed by atoms with E-state index >= 15 is 0 Å². The lowest BCUT2D eigenvalue weighted by atomic mass is 10.2. The molecule has 0 aromatic carbocycles. The van der Waals surface area contributed by atoms with E-state index < -0.39 is 6.03 Å². The van der Waals surface area contributed by atoms with Gasteiger partial charge in [0.1, 0.15) is 0 Å². The Morgan fingerprint density at radius 2 is 1.67 bits per heavy atom. The SMILES string of the molecule is CNC(=O)NC(=O)C(C)N1CCN(C(C)=O)CC1. The molecule has 1 aliphatic heterocycles. The van der Waals surface area contributed by atoms with Gasteiger partial charge in [-0.2, -0.15) is 0 Å². The number of imide groups is 1. The van der Waals surface area contributed by atoms with Crippen LogP contribution in [0.4, 0.5) is 4.79 Å². The van der Waals surface area contributed by atoms with E-state index in [0.29, 0.717) is 26.2 Å². The molecule has 1 unspecified atom stereocenters. The summed E-state index contributed by atoms with van der Waals surface area (Å²) in [6.45, 7) is 5.81. The summed E-state index contributed by atoms with van der Waals surface area (Å²) in [5.41, 5.74) is 0. The van der Waals surface area contributed by atoms with Gasteiger partial charge in [0.05, 0.1) is 6.04 Å². The first-order valence-corrected chi connectivity index (χ1v) is 5.98. The Balaban J connectivity index is 2.44. The molecule has 4 amide bonds. The number of amides is 4. The molecule has 1 saturated heterocycles. The maximum absolute atomic E-state index is 11.7. The highest BCUT2D eigenvalue weighted by atomic mass is 16.2. The first kappa shape index (κ1) is 14.4. The molecule has 0 aromatic rings. The summed E-state index contributed by atoms with van der Waals surface area (Å²) in [6.07, 6.45) is 0. The van der Waals surface area contributed by atoms with Crippen LogP contribution in [0.5, 0.6) is 0 Å². The lowest BCUT2D eigenvalue weighted by Crippen LogP contribution is -2.55. The molecule has 7 heteroatoms. The first-order valence-electron chi connectivity index (χ1n) is 5.98. The number of carbonyl (C=O) groups excluding carboxylic acids is 3. The highest BCUT2D eigenvalue weighted by Crippen LogP contribution is 2.06. The van der Waals surface area contributed by atoms with Gasteiger partial charge < -0.3 is 10.2 Å². The molecule has 102 valence electrons. The predicted molar refractivity (Wildman–Crippen MR) is 65.9 cm³/mol. The third kappa shape index (κ3) is 3.69. The van der Waals surface area contributed by atoms with E-state index in [9.17, 15) is 14.4 Å². The fraction of sp³-hybridized carbons (Fsp3) is 0.727. The molecule has 7 nitrogen and oxygen atoms in total. The average Bonchev–Trinajstić information content (AvgIpc) is 2.37. The van der Waals surface area contributed by atoms with Crippen LogP contribution < -0.4 is 10.6 Å². The van der Waals surface area contributed by atoms with Gasteiger partial charge in [0, 0.05) is 40.2 Å². The number of urea groups is 1. The van der Waals surface area contributed by atoms with Gasteiger partial charge in [0.2, 0.25) is 11.8 Å². The van der Waals surface area contributed by atoms with Crippen molar-refractivity contribution >= 4 is 17.8 Å². The Morgan fingerprint density at radius 1 is 1.11 bits per heavy atom. The Kier molecular flexibility index (Phi) is 5.08. The minimum absolute atomic E-state index is 0.0529. The Morgan fingerprint density at radius 3 is 2.11 bits per heavy atom. The molecule has 0 bridgehead atoms. The van der Waals surface area contributed by atoms with Crippen LogP contribution in [0.2, 0.25) is 0 Å². The number of nitrogens with zero attached hydrogens (tertiary/aromatic N) is 2. The quantitative estimate of drug-likeness (QED) is 0.663. The zero-order valence-corrected chi connectivity index (χ0v) is 11.0. The molecule has 0 radical (unpaired) electrons. The van der Waals surface area contributed by atoms with Crippen LogP contribution in [0.1, 0.15) is 13.8 Å². The van der Waals surface area contributed by atoms with E-state index in [0.717, 1.165) is 0 Å². The summed E-state index contributed by atoms with van der Waals surface area (Å²) < 4.78 is 0. The van der Waals surface area contributed by atoms with Crippen LogP contribution in [0.25, 0.3) is 0 Å². The number of carbonyl (C=O) groups is 3. The molecule has 1 heterocycles. The molecule has 0 aliphatic carbocycles. The molecule has 18 heavy (non-hydrogen) atoms. The smallest absolute Gasteiger partial charge is 0.321 e. The number of hydrogen-bond donors (Lipinski definition) is 2. The van der Waals surface area contributed by atoms with Gasteiger partial charge in [0.15, 0.2) is 0 Å². The van der Waals surface area contributed by atoms with Gasteiger partial charge in [-0.25, -0.2) is 4.79 Å². The normalized spacial score (nSPS) is 18.1. The fourth-order valence-electron chi connectivity index (χ4n) is 1.87. The van der Waals surface area contributed by atoms with Crippen molar-refractivity contribution in [1.29, 1.82) is 0 Å². The number of hydrogen-bond acceptors (Lipinski definition) is 4. The number of nitrogens with one attached hydrogen (secondary N) is 2. The second kappa shape index (κ2) is 6.34. The first-order chi connectivity index (χ1) is 8.45. The second-order valence-electron chi connectivity index (χ2n) is 4.29. The van der Waals surface area contributed by atoms with Crippen molar-refractivity contribution in [2.24, 2.45) is 0 Å². The number of piperazine rings is 1. The summed E-state index contributed by atoms with van der Waals surface area (Å²) in [5, 5.41) is 4.58. The van der Waals surface area contributed by atoms with Crippen molar-refractivity contribution < 1.29 is 14.4 Å². The van der Waals surface area contributed by atoms with Gasteiger partial charge in [-0.1, -0.05) is 0 Å². The average molecular weight is 256 g/mol. The molecule has 1 aliphatic rings. The third-order valence-corrected chi connectivity index (χ3v) is 3.15. The van der Waals surface area contributed by atoms with Gasteiger partial charge in [-0.15, -0.1) is 0 Å². The van der Waals surface area contributed by atoms with Gasteiger partial charge in [-0.3, -0.25) is 19.8 Å². The monoisotopic (exact) mass is 256 g/mol. The lowest BCUT2D eigenvalue weighted by Gasteiger charge is -2.36. The third-order valence-electron chi connectivity index (χ3n) is 3.15. The maximum Gasteiger partial charge on any atom is 0.321 e. The molecule has 1 atom stereocenters. The molecule has 0 aromatic heterocycles. The highest BCUT2D eigenvalue weighted by molar-refractivity contribution is 5.96. The van der Waals surface area contributed by atoms with E-state index in [-0.39, 0.29) is 17.9 Å². The van der Waals surface area contributed by atoms with E-state index in [1.165, 1.54) is 14.0 Å². The van der Waals surface area contributed by atoms with E-state index in [1.807, 2.05) is 4.90 Å². The van der Waals surface area contributed by atoms with E-state index in [2.05, 4.69) is 10.6 Å². The maximum atomic E-state index is 11.7. The van der Waals surface area contributed by atoms with Gasteiger partial charge in [0.25, 0.3) is 0 Å². The summed E-state index contributed by atoms with van der Waals surface area (Å²) in [6, 6.07) is -0.884. The molecule has 0 saturated carbocycles. The van der Waals surface area contributed by atoms with Crippen LogP contribution in [-0.4, -0.2) is 66.9 Å². The summed E-state index contributed by atoms with van der Waals surface area (Å²) in [4.78, 5) is 37.6. The summed E-state index contributed by atoms with van der Waals surface area (Å²) >= 11 is 0. The van der Waals surface area contributed by atoms with Crippen molar-refractivity contribution in [3.63, 3.8) is 0 Å². The molecule has 1 fully saturated rings. The van der Waals surface area contributed by atoms with E-state index in [4.69, 9.17) is 0 Å². The standard InChI is InChI=1S/C11H20N4O3/c1-8(10(17)13-11(18)12-3)14-4-6-15(7-5-14)9(2)16/h8H,4-7H2,1-3H3,(H2,12,13,17,18). The summed E-state index contributed by atoms with van der Waals surface area (Å²) in [5.74, 6) is -0.275. The molecular weight excluding hydrogens is 236 g/mol. The van der Waals surface area contributed by atoms with Crippen molar-refractivity contribution in [2.45, 2.75) is 19.9 Å². The zero-order valence-electron chi connectivity index (χ0n) is 11.0. The summed E-state index contributed by atoms with van der Waals surface area (Å²) in [7, 11) is 1.46. The molecular formula is C11H20N4O3. The Bertz CT molecular complexity index is 337. The molecule has 1 rings (SSSR count). The second-order valence-corrected chi connectivity index (χ2v) is 4.29. The fourth-order valence-corrected chi connectivity index (χ4v) is 1.87. The van der Waals surface area contributed by atoms with Crippen molar-refractivity contribution in [3.8, 4) is 0 Å². The predicted octanol–water partition coefficient (Wildman–Crippen LogP) is -1.01. The minimum atomic E-state index is -0.505. The molecule has 2 N–H and O–H groups in total. The van der Waals surface area contributed by atoms with E-state index in [1.54, 1.807) is 11.8 Å². The van der Waals surface area contributed by atoms with Crippen LogP contribution in [0.3, 0.4) is 0 Å². The van der Waals surface area contributed by atoms with Gasteiger partial charge in [-0.05, 0) is 6.92 Å². The van der Waals surface area contributed by atoms with Gasteiger partial charge >= 0.3 is 6.03 Å². The van der Waals surface area contributed by atoms with Crippen LogP contribution in [0, 0.1) is 0 Å².